The lowest BCUT2D eigenvalue weighted by Crippen LogP contribution is -2.24. The zero-order valence-electron chi connectivity index (χ0n) is 13.8. The number of aryl methyl sites for hydroxylation is 1. The summed E-state index contributed by atoms with van der Waals surface area (Å²) in [7, 11) is 1.60. The lowest BCUT2D eigenvalue weighted by Gasteiger charge is -2.18. The zero-order chi connectivity index (χ0) is 17.1. The normalized spacial score (nSPS) is 12.2. The van der Waals surface area contributed by atoms with Crippen LogP contribution in [0.25, 0.3) is 10.9 Å². The Morgan fingerprint density at radius 2 is 2.04 bits per heavy atom. The van der Waals surface area contributed by atoms with Gasteiger partial charge in [-0.1, -0.05) is 37.3 Å². The number of benzene rings is 2. The Labute approximate surface area is 141 Å². The van der Waals surface area contributed by atoms with E-state index in [9.17, 15) is 9.90 Å². The van der Waals surface area contributed by atoms with Crippen LogP contribution in [0.1, 0.15) is 36.0 Å². The quantitative estimate of drug-likeness (QED) is 0.758. The van der Waals surface area contributed by atoms with E-state index in [1.165, 1.54) is 5.56 Å². The first-order valence-electron chi connectivity index (χ1n) is 8.06. The number of hydrogen-bond donors (Lipinski definition) is 1. The van der Waals surface area contributed by atoms with Crippen molar-refractivity contribution in [2.45, 2.75) is 25.7 Å². The van der Waals surface area contributed by atoms with Crippen LogP contribution in [0.5, 0.6) is 5.75 Å². The van der Waals surface area contributed by atoms with Gasteiger partial charge in [-0.15, -0.1) is 0 Å². The molecule has 1 heterocycles. The minimum Gasteiger partial charge on any atom is -0.550 e. The first-order valence-corrected chi connectivity index (χ1v) is 8.06. The maximum absolute atomic E-state index is 11.3. The van der Waals surface area contributed by atoms with Crippen LogP contribution in [0.15, 0.2) is 48.7 Å². The fraction of sp³-hybridized carbons (Fsp3) is 0.250. The smallest absolute Gasteiger partial charge is 0.119 e. The summed E-state index contributed by atoms with van der Waals surface area (Å²) in [6.07, 6.45) is 2.76. The molecule has 0 bridgehead atoms. The molecule has 0 radical (unpaired) electrons. The number of carboxylic acid groups (broad SMARTS) is 1. The Morgan fingerprint density at radius 3 is 2.75 bits per heavy atom. The summed E-state index contributed by atoms with van der Waals surface area (Å²) in [6, 6.07) is 13.7. The standard InChI is InChI=1S/C20H21NO3/c1-3-13-6-5-9-16-18(12-21-20(13)16)17(11-19(22)23)14-7-4-8-15(10-14)24-2/h4-10,12,17,21H,3,11H2,1-2H3,(H,22,23)/p-1/t17-/m1/s1. The number of carbonyl (C=O) groups excluding carboxylic acids is 1. The van der Waals surface area contributed by atoms with Gasteiger partial charge in [0, 0.05) is 29.0 Å². The number of para-hydroxylation sites is 1. The summed E-state index contributed by atoms with van der Waals surface area (Å²) in [5.74, 6) is -0.639. The third kappa shape index (κ3) is 3.00. The minimum atomic E-state index is -1.07. The summed E-state index contributed by atoms with van der Waals surface area (Å²) in [5.41, 5.74) is 4.16. The molecule has 4 nitrogen and oxygen atoms in total. The first kappa shape index (κ1) is 16.1. The van der Waals surface area contributed by atoms with E-state index in [0.717, 1.165) is 28.5 Å². The highest BCUT2D eigenvalue weighted by molar-refractivity contribution is 5.87. The van der Waals surface area contributed by atoms with Crippen molar-refractivity contribution in [2.75, 3.05) is 7.11 Å². The van der Waals surface area contributed by atoms with Crippen LogP contribution in [-0.4, -0.2) is 18.1 Å². The topological polar surface area (TPSA) is 65.2 Å². The second-order valence-corrected chi connectivity index (χ2v) is 5.84. The Hall–Kier alpha value is -2.75. The van der Waals surface area contributed by atoms with Crippen LogP contribution in [0.4, 0.5) is 0 Å². The number of rotatable bonds is 6. The molecule has 3 aromatic rings. The monoisotopic (exact) mass is 322 g/mol. The van der Waals surface area contributed by atoms with E-state index < -0.39 is 5.97 Å². The molecule has 24 heavy (non-hydrogen) atoms. The van der Waals surface area contributed by atoms with E-state index >= 15 is 0 Å². The Morgan fingerprint density at radius 1 is 1.25 bits per heavy atom. The second-order valence-electron chi connectivity index (χ2n) is 5.84. The van der Waals surface area contributed by atoms with E-state index in [-0.39, 0.29) is 12.3 Å². The van der Waals surface area contributed by atoms with Gasteiger partial charge in [0.15, 0.2) is 0 Å². The molecule has 0 amide bonds. The number of carbonyl (C=O) groups is 1. The average molecular weight is 322 g/mol. The van der Waals surface area contributed by atoms with Crippen LogP contribution in [0.2, 0.25) is 0 Å². The fourth-order valence-electron chi connectivity index (χ4n) is 3.25. The number of methoxy groups -OCH3 is 1. The van der Waals surface area contributed by atoms with Gasteiger partial charge in [0.25, 0.3) is 0 Å². The molecule has 1 N–H and O–H groups in total. The van der Waals surface area contributed by atoms with Crippen molar-refractivity contribution in [1.82, 2.24) is 4.98 Å². The summed E-state index contributed by atoms with van der Waals surface area (Å²) in [6.45, 7) is 2.11. The number of hydrogen-bond acceptors (Lipinski definition) is 3. The van der Waals surface area contributed by atoms with Crippen LogP contribution < -0.4 is 9.84 Å². The summed E-state index contributed by atoms with van der Waals surface area (Å²) in [5, 5.41) is 12.4. The van der Waals surface area contributed by atoms with Crippen molar-refractivity contribution in [1.29, 1.82) is 0 Å². The van der Waals surface area contributed by atoms with Crippen molar-refractivity contribution in [2.24, 2.45) is 0 Å². The van der Waals surface area contributed by atoms with E-state index in [4.69, 9.17) is 4.74 Å². The number of ether oxygens (including phenoxy) is 1. The largest absolute Gasteiger partial charge is 0.550 e. The molecule has 1 atom stereocenters. The van der Waals surface area contributed by atoms with Gasteiger partial charge in [0.1, 0.15) is 5.75 Å². The summed E-state index contributed by atoms with van der Waals surface area (Å²) >= 11 is 0. The third-order valence-corrected chi connectivity index (χ3v) is 4.46. The van der Waals surface area contributed by atoms with Gasteiger partial charge in [-0.05, 0) is 41.7 Å². The van der Waals surface area contributed by atoms with E-state index in [1.807, 2.05) is 42.6 Å². The lowest BCUT2D eigenvalue weighted by molar-refractivity contribution is -0.305. The molecule has 124 valence electrons. The SMILES string of the molecule is CCc1cccc2c([C@H](CC(=O)[O-])c3cccc(OC)c3)c[nH]c12. The van der Waals surface area contributed by atoms with Crippen LogP contribution >= 0.6 is 0 Å². The van der Waals surface area contributed by atoms with Crippen LogP contribution in [-0.2, 0) is 11.2 Å². The van der Waals surface area contributed by atoms with Gasteiger partial charge in [-0.25, -0.2) is 0 Å². The molecule has 0 aliphatic rings. The predicted molar refractivity (Wildman–Crippen MR) is 92.1 cm³/mol. The van der Waals surface area contributed by atoms with Crippen molar-refractivity contribution >= 4 is 16.9 Å². The maximum Gasteiger partial charge on any atom is 0.119 e. The molecule has 2 aromatic carbocycles. The summed E-state index contributed by atoms with van der Waals surface area (Å²) < 4.78 is 5.28. The number of carboxylic acids is 1. The predicted octanol–water partition coefficient (Wildman–Crippen LogP) is 3.01. The molecular formula is C20H20NO3-. The minimum absolute atomic E-state index is 0.0729. The summed E-state index contributed by atoms with van der Waals surface area (Å²) in [4.78, 5) is 14.7. The highest BCUT2D eigenvalue weighted by Crippen LogP contribution is 2.35. The van der Waals surface area contributed by atoms with Gasteiger partial charge in [0.2, 0.25) is 0 Å². The van der Waals surface area contributed by atoms with Gasteiger partial charge in [-0.2, -0.15) is 0 Å². The van der Waals surface area contributed by atoms with Gasteiger partial charge in [0.05, 0.1) is 7.11 Å². The molecule has 0 aliphatic carbocycles. The van der Waals surface area contributed by atoms with Crippen molar-refractivity contribution in [3.63, 3.8) is 0 Å². The molecule has 0 saturated carbocycles. The van der Waals surface area contributed by atoms with Crippen molar-refractivity contribution in [3.05, 3.63) is 65.4 Å². The van der Waals surface area contributed by atoms with Crippen LogP contribution in [0, 0.1) is 0 Å². The lowest BCUT2D eigenvalue weighted by atomic mass is 9.88. The molecule has 0 fully saturated rings. The number of fused-ring (bicyclic) bond motifs is 1. The van der Waals surface area contributed by atoms with Crippen LogP contribution in [0.3, 0.4) is 0 Å². The average Bonchev–Trinajstić information content (AvgIpc) is 3.03. The van der Waals surface area contributed by atoms with Gasteiger partial charge < -0.3 is 19.6 Å². The van der Waals surface area contributed by atoms with Gasteiger partial charge in [-0.3, -0.25) is 0 Å². The molecule has 0 saturated heterocycles. The Bertz CT molecular complexity index is 866. The Kier molecular flexibility index (Phi) is 4.56. The molecule has 4 heteroatoms. The Balaban J connectivity index is 2.14. The number of aromatic amines is 1. The first-order chi connectivity index (χ1) is 11.6. The number of aliphatic carboxylic acids is 1. The third-order valence-electron chi connectivity index (χ3n) is 4.46. The van der Waals surface area contributed by atoms with E-state index in [2.05, 4.69) is 18.0 Å². The zero-order valence-corrected chi connectivity index (χ0v) is 13.8. The number of H-pyrrole nitrogens is 1. The number of aromatic nitrogens is 1. The molecule has 3 rings (SSSR count). The van der Waals surface area contributed by atoms with E-state index in [1.54, 1.807) is 7.11 Å². The molecule has 0 spiro atoms. The molecular weight excluding hydrogens is 302 g/mol. The van der Waals surface area contributed by atoms with Crippen molar-refractivity contribution < 1.29 is 14.6 Å². The van der Waals surface area contributed by atoms with Gasteiger partial charge >= 0.3 is 0 Å². The molecule has 1 aromatic heterocycles. The highest BCUT2D eigenvalue weighted by atomic mass is 16.5. The number of nitrogens with one attached hydrogen (secondary N) is 1. The maximum atomic E-state index is 11.3. The molecule has 0 aliphatic heterocycles. The second kappa shape index (κ2) is 6.79. The highest BCUT2D eigenvalue weighted by Gasteiger charge is 2.19. The fourth-order valence-corrected chi connectivity index (χ4v) is 3.25. The van der Waals surface area contributed by atoms with E-state index in [0.29, 0.717) is 5.75 Å². The van der Waals surface area contributed by atoms with Crippen molar-refractivity contribution in [3.8, 4) is 5.75 Å². The molecule has 0 unspecified atom stereocenters.